The third kappa shape index (κ3) is 5.44. The van der Waals surface area contributed by atoms with Crippen LogP contribution in [0.15, 0.2) is 52.7 Å². The molecule has 0 radical (unpaired) electrons. The molecule has 8 nitrogen and oxygen atoms in total. The highest BCUT2D eigenvalue weighted by Gasteiger charge is 2.21. The minimum Gasteiger partial charge on any atom is -0.486 e. The van der Waals surface area contributed by atoms with Gasteiger partial charge in [0, 0.05) is 12.6 Å². The maximum atomic E-state index is 13.0. The number of carbonyl (C=O) groups is 1. The highest BCUT2D eigenvalue weighted by atomic mass is 32.2. The number of allylic oxidation sites excluding steroid dienone is 1. The summed E-state index contributed by atoms with van der Waals surface area (Å²) >= 11 is 1.25. The van der Waals surface area contributed by atoms with Crippen LogP contribution in [0.2, 0.25) is 0 Å². The Balaban J connectivity index is 1.66. The molecule has 29 heavy (non-hydrogen) atoms. The molecule has 152 valence electrons. The zero-order valence-corrected chi connectivity index (χ0v) is 16.8. The third-order valence-electron chi connectivity index (χ3n) is 3.81. The van der Waals surface area contributed by atoms with Gasteiger partial charge in [-0.1, -0.05) is 23.0 Å². The van der Waals surface area contributed by atoms with E-state index in [4.69, 9.17) is 9.26 Å². The Kier molecular flexibility index (Phi) is 6.65. The van der Waals surface area contributed by atoms with Crippen LogP contribution in [0, 0.1) is 12.7 Å². The average molecular weight is 417 g/mol. The van der Waals surface area contributed by atoms with E-state index < -0.39 is 5.25 Å². The number of benzene rings is 1. The number of anilines is 1. The Morgan fingerprint density at radius 2 is 2.17 bits per heavy atom. The number of aryl methyl sites for hydroxylation is 1. The minimum absolute atomic E-state index is 0.144. The van der Waals surface area contributed by atoms with E-state index in [1.54, 1.807) is 26.0 Å². The zero-order valence-electron chi connectivity index (χ0n) is 16.0. The molecule has 0 aliphatic heterocycles. The first kappa shape index (κ1) is 20.6. The lowest BCUT2D eigenvalue weighted by Crippen LogP contribution is -2.22. The summed E-state index contributed by atoms with van der Waals surface area (Å²) in [6, 6.07) is 7.36. The highest BCUT2D eigenvalue weighted by Crippen LogP contribution is 2.24. The monoisotopic (exact) mass is 417 g/mol. The molecule has 0 aliphatic carbocycles. The molecular formula is C19H20FN5O3S. The molecule has 10 heteroatoms. The summed E-state index contributed by atoms with van der Waals surface area (Å²) in [5.74, 6) is 0.793. The molecule has 3 rings (SSSR count). The number of hydrogen-bond acceptors (Lipinski definition) is 7. The molecule has 2 aromatic heterocycles. The van der Waals surface area contributed by atoms with Gasteiger partial charge in [-0.05, 0) is 38.1 Å². The van der Waals surface area contributed by atoms with E-state index in [-0.39, 0.29) is 18.3 Å². The Morgan fingerprint density at radius 1 is 1.41 bits per heavy atom. The number of thioether (sulfide) groups is 1. The molecule has 0 aliphatic rings. The fraction of sp³-hybridized carbons (Fsp3) is 0.263. The van der Waals surface area contributed by atoms with Crippen LogP contribution in [-0.4, -0.2) is 31.1 Å². The summed E-state index contributed by atoms with van der Waals surface area (Å²) in [6.45, 7) is 7.87. The quantitative estimate of drug-likeness (QED) is 0.420. The standard InChI is InChI=1S/C19H20FN5O3S/c1-4-9-25-16(11-27-15-7-5-14(20)6-8-15)22-23-19(25)29-13(3)18(26)21-17-10-12(2)24-28-17/h4-8,10,13H,1,9,11H2,2-3H3,(H,21,26). The minimum atomic E-state index is -0.459. The molecule has 0 saturated heterocycles. The zero-order chi connectivity index (χ0) is 20.8. The average Bonchev–Trinajstić information content (AvgIpc) is 3.28. The molecule has 1 amide bonds. The lowest BCUT2D eigenvalue weighted by molar-refractivity contribution is -0.115. The first-order valence-electron chi connectivity index (χ1n) is 8.78. The lowest BCUT2D eigenvalue weighted by atomic mass is 10.3. The number of rotatable bonds is 9. The van der Waals surface area contributed by atoms with Crippen molar-refractivity contribution in [2.24, 2.45) is 0 Å². The van der Waals surface area contributed by atoms with E-state index in [9.17, 15) is 9.18 Å². The normalized spacial score (nSPS) is 11.8. The first-order chi connectivity index (χ1) is 14.0. The molecule has 3 aromatic rings. The van der Waals surface area contributed by atoms with Crippen LogP contribution in [0.4, 0.5) is 10.3 Å². The molecule has 1 unspecified atom stereocenters. The van der Waals surface area contributed by atoms with Gasteiger partial charge in [0.2, 0.25) is 11.8 Å². The Bertz CT molecular complexity index is 986. The van der Waals surface area contributed by atoms with Crippen molar-refractivity contribution >= 4 is 23.6 Å². The fourth-order valence-electron chi connectivity index (χ4n) is 2.36. The molecule has 2 heterocycles. The van der Waals surface area contributed by atoms with Crippen LogP contribution in [-0.2, 0) is 17.9 Å². The van der Waals surface area contributed by atoms with Crippen molar-refractivity contribution in [1.82, 2.24) is 19.9 Å². The summed E-state index contributed by atoms with van der Waals surface area (Å²) in [5.41, 5.74) is 0.678. The molecule has 0 spiro atoms. The molecule has 0 bridgehead atoms. The van der Waals surface area contributed by atoms with Crippen LogP contribution in [0.1, 0.15) is 18.4 Å². The number of nitrogens with one attached hydrogen (secondary N) is 1. The second kappa shape index (κ2) is 9.37. The number of ether oxygens (including phenoxy) is 1. The number of nitrogens with zero attached hydrogens (tertiary/aromatic N) is 4. The third-order valence-corrected chi connectivity index (χ3v) is 4.89. The second-order valence-corrected chi connectivity index (χ2v) is 7.43. The summed E-state index contributed by atoms with van der Waals surface area (Å²) in [6.07, 6.45) is 1.71. The van der Waals surface area contributed by atoms with E-state index in [0.717, 1.165) is 0 Å². The van der Waals surface area contributed by atoms with Gasteiger partial charge in [0.15, 0.2) is 11.0 Å². The molecule has 0 saturated carbocycles. The topological polar surface area (TPSA) is 95.1 Å². The van der Waals surface area contributed by atoms with Crippen molar-refractivity contribution < 1.29 is 18.4 Å². The van der Waals surface area contributed by atoms with Gasteiger partial charge in [-0.25, -0.2) is 4.39 Å². The van der Waals surface area contributed by atoms with Crippen LogP contribution in [0.3, 0.4) is 0 Å². The Hall–Kier alpha value is -3.14. The van der Waals surface area contributed by atoms with E-state index in [1.807, 2.05) is 4.57 Å². The molecular weight excluding hydrogens is 397 g/mol. The van der Waals surface area contributed by atoms with Gasteiger partial charge in [0.1, 0.15) is 18.2 Å². The largest absolute Gasteiger partial charge is 0.486 e. The second-order valence-electron chi connectivity index (χ2n) is 6.12. The smallest absolute Gasteiger partial charge is 0.240 e. The maximum absolute atomic E-state index is 13.0. The van der Waals surface area contributed by atoms with E-state index in [0.29, 0.717) is 34.9 Å². The maximum Gasteiger partial charge on any atom is 0.240 e. The Morgan fingerprint density at radius 3 is 2.83 bits per heavy atom. The Labute approximate surface area is 171 Å². The van der Waals surface area contributed by atoms with Crippen LogP contribution >= 0.6 is 11.8 Å². The molecule has 0 fully saturated rings. The number of hydrogen-bond donors (Lipinski definition) is 1. The predicted molar refractivity (Wildman–Crippen MR) is 106 cm³/mol. The first-order valence-corrected chi connectivity index (χ1v) is 9.66. The summed E-state index contributed by atoms with van der Waals surface area (Å²) in [5, 5.41) is 14.8. The van der Waals surface area contributed by atoms with Gasteiger partial charge in [0.25, 0.3) is 0 Å². The van der Waals surface area contributed by atoms with Crippen LogP contribution < -0.4 is 10.1 Å². The van der Waals surface area contributed by atoms with Crippen molar-refractivity contribution in [3.05, 3.63) is 60.3 Å². The highest BCUT2D eigenvalue weighted by molar-refractivity contribution is 8.00. The van der Waals surface area contributed by atoms with Crippen molar-refractivity contribution in [1.29, 1.82) is 0 Å². The van der Waals surface area contributed by atoms with Crippen LogP contribution in [0.25, 0.3) is 0 Å². The molecule has 1 atom stereocenters. The van der Waals surface area contributed by atoms with Crippen molar-refractivity contribution in [2.75, 3.05) is 5.32 Å². The number of halogens is 1. The molecule has 1 aromatic carbocycles. The van der Waals surface area contributed by atoms with Gasteiger partial charge in [0.05, 0.1) is 10.9 Å². The number of carbonyl (C=O) groups excluding carboxylic acids is 1. The van der Waals surface area contributed by atoms with Gasteiger partial charge < -0.3 is 9.26 Å². The number of amides is 1. The van der Waals surface area contributed by atoms with Crippen LogP contribution in [0.5, 0.6) is 5.75 Å². The number of aromatic nitrogens is 4. The van der Waals surface area contributed by atoms with E-state index in [2.05, 4.69) is 27.2 Å². The van der Waals surface area contributed by atoms with Crippen molar-refractivity contribution in [2.45, 2.75) is 37.4 Å². The van der Waals surface area contributed by atoms with E-state index in [1.165, 1.54) is 36.0 Å². The van der Waals surface area contributed by atoms with Gasteiger partial charge in [-0.15, -0.1) is 16.8 Å². The van der Waals surface area contributed by atoms with Gasteiger partial charge in [-0.2, -0.15) is 0 Å². The fourth-order valence-corrected chi connectivity index (χ4v) is 3.24. The SMILES string of the molecule is C=CCn1c(COc2ccc(F)cc2)nnc1SC(C)C(=O)Nc1cc(C)no1. The molecule has 1 N–H and O–H groups in total. The summed E-state index contributed by atoms with van der Waals surface area (Å²) in [4.78, 5) is 12.4. The summed E-state index contributed by atoms with van der Waals surface area (Å²) < 4.78 is 25.5. The predicted octanol–water partition coefficient (Wildman–Crippen LogP) is 3.60. The van der Waals surface area contributed by atoms with Gasteiger partial charge in [-0.3, -0.25) is 14.7 Å². The van der Waals surface area contributed by atoms with Crippen molar-refractivity contribution in [3.63, 3.8) is 0 Å². The summed E-state index contributed by atoms with van der Waals surface area (Å²) in [7, 11) is 0. The lowest BCUT2D eigenvalue weighted by Gasteiger charge is -2.12. The van der Waals surface area contributed by atoms with Gasteiger partial charge >= 0.3 is 0 Å². The van der Waals surface area contributed by atoms with E-state index >= 15 is 0 Å². The van der Waals surface area contributed by atoms with Crippen molar-refractivity contribution in [3.8, 4) is 5.75 Å².